The van der Waals surface area contributed by atoms with E-state index in [-0.39, 0.29) is 0 Å². The van der Waals surface area contributed by atoms with Gasteiger partial charge in [-0.25, -0.2) is 0 Å². The fourth-order valence-electron chi connectivity index (χ4n) is 2.54. The van der Waals surface area contributed by atoms with Crippen molar-refractivity contribution in [3.63, 3.8) is 0 Å². The first-order valence-electron chi connectivity index (χ1n) is 6.53. The first-order chi connectivity index (χ1) is 9.75. The molecule has 1 atom stereocenters. The minimum atomic E-state index is -3.64. The summed E-state index contributed by atoms with van der Waals surface area (Å²) < 4.78 is 21.0. The molecule has 0 saturated carbocycles. The molecule has 0 fully saturated rings. The van der Waals surface area contributed by atoms with E-state index < -0.39 is 8.65 Å². The fourth-order valence-corrected chi connectivity index (χ4v) is 4.81. The van der Waals surface area contributed by atoms with Gasteiger partial charge in [-0.2, -0.15) is 0 Å². The van der Waals surface area contributed by atoms with Crippen molar-refractivity contribution in [2.45, 2.75) is 0 Å². The van der Waals surface area contributed by atoms with Gasteiger partial charge in [0.2, 0.25) is 0 Å². The molecule has 0 saturated heterocycles. The Morgan fingerprint density at radius 2 is 1.45 bits per heavy atom. The van der Waals surface area contributed by atoms with E-state index in [0.717, 1.165) is 10.8 Å². The normalized spacial score (nSPS) is 14.1. The molecule has 0 radical (unpaired) electrons. The van der Waals surface area contributed by atoms with Crippen molar-refractivity contribution in [2.75, 3.05) is 7.11 Å². The van der Waals surface area contributed by atoms with Gasteiger partial charge >= 0.3 is 8.65 Å². The molecule has 3 aromatic carbocycles. The zero-order valence-corrected chi connectivity index (χ0v) is 12.2. The van der Waals surface area contributed by atoms with Crippen LogP contribution in [0.4, 0.5) is 4.11 Å². The molecule has 0 bridgehead atoms. The second kappa shape index (κ2) is 5.19. The van der Waals surface area contributed by atoms with E-state index >= 15 is 4.11 Å². The number of benzene rings is 3. The molecule has 1 nitrogen and oxygen atoms in total. The first-order valence-corrected chi connectivity index (χ1v) is 8.32. The lowest BCUT2D eigenvalue weighted by molar-refractivity contribution is 0.372. The Kier molecular flexibility index (Phi) is 3.38. The third kappa shape index (κ3) is 2.05. The summed E-state index contributed by atoms with van der Waals surface area (Å²) in [4.78, 5) is 0. The van der Waals surface area contributed by atoms with Crippen LogP contribution in [0.5, 0.6) is 0 Å². The maximum absolute atomic E-state index is 15.6. The summed E-state index contributed by atoms with van der Waals surface area (Å²) in [5.74, 6) is 0. The summed E-state index contributed by atoms with van der Waals surface area (Å²) in [6.45, 7) is 0. The molecule has 0 aliphatic heterocycles. The molecule has 0 N–H and O–H groups in total. The minimum absolute atomic E-state index is 0.638. The van der Waals surface area contributed by atoms with Gasteiger partial charge in [0, 0.05) is 17.5 Å². The minimum Gasteiger partial charge on any atom is -0.388 e. The highest BCUT2D eigenvalue weighted by atomic mass is 28.4. The van der Waals surface area contributed by atoms with Gasteiger partial charge in [0.05, 0.1) is 0 Å². The van der Waals surface area contributed by atoms with E-state index in [1.807, 2.05) is 60.7 Å². The van der Waals surface area contributed by atoms with Crippen molar-refractivity contribution in [3.8, 4) is 0 Å². The predicted molar refractivity (Wildman–Crippen MR) is 83.5 cm³/mol. The largest absolute Gasteiger partial charge is 0.449 e. The van der Waals surface area contributed by atoms with Crippen LogP contribution in [0.2, 0.25) is 0 Å². The Balaban J connectivity index is 2.27. The van der Waals surface area contributed by atoms with Crippen LogP contribution in [-0.2, 0) is 4.43 Å². The van der Waals surface area contributed by atoms with Crippen molar-refractivity contribution in [3.05, 3.63) is 72.8 Å². The van der Waals surface area contributed by atoms with Gasteiger partial charge in [0.1, 0.15) is 0 Å². The van der Waals surface area contributed by atoms with Gasteiger partial charge in [-0.3, -0.25) is 4.11 Å². The number of hydrogen-bond donors (Lipinski definition) is 0. The molecule has 0 aliphatic carbocycles. The van der Waals surface area contributed by atoms with Gasteiger partial charge in [0.25, 0.3) is 0 Å². The Labute approximate surface area is 118 Å². The van der Waals surface area contributed by atoms with Crippen LogP contribution in [0.15, 0.2) is 72.8 Å². The lowest BCUT2D eigenvalue weighted by atomic mass is 10.1. The van der Waals surface area contributed by atoms with Crippen LogP contribution in [0, 0.1) is 0 Å². The van der Waals surface area contributed by atoms with Crippen LogP contribution in [0.3, 0.4) is 0 Å². The predicted octanol–water partition coefficient (Wildman–Crippen LogP) is 3.01. The van der Waals surface area contributed by atoms with E-state index in [1.54, 1.807) is 12.1 Å². The van der Waals surface area contributed by atoms with Crippen molar-refractivity contribution in [1.82, 2.24) is 0 Å². The van der Waals surface area contributed by atoms with E-state index in [9.17, 15) is 0 Å². The average molecular weight is 282 g/mol. The Bertz CT molecular complexity index is 724. The zero-order chi connectivity index (χ0) is 14.0. The first kappa shape index (κ1) is 13.0. The molecule has 100 valence electrons. The van der Waals surface area contributed by atoms with Crippen LogP contribution in [-0.4, -0.2) is 15.8 Å². The molecule has 20 heavy (non-hydrogen) atoms. The molecule has 3 heteroatoms. The number of fused-ring (bicyclic) bond motifs is 1. The standard InChI is InChI=1S/C17H15FOSi/c1-19-20(18,15-10-3-2-4-11-15)17-13-7-9-14-8-5-6-12-16(14)17/h2-13H,1H3. The van der Waals surface area contributed by atoms with Gasteiger partial charge in [0.15, 0.2) is 0 Å². The summed E-state index contributed by atoms with van der Waals surface area (Å²) >= 11 is 0. The fraction of sp³-hybridized carbons (Fsp3) is 0.0588. The Morgan fingerprint density at radius 1 is 0.800 bits per heavy atom. The van der Waals surface area contributed by atoms with Crippen LogP contribution >= 0.6 is 0 Å². The highest BCUT2D eigenvalue weighted by Gasteiger charge is 2.41. The lowest BCUT2D eigenvalue weighted by Gasteiger charge is -2.22. The molecular formula is C17H15FOSi. The molecule has 3 rings (SSSR count). The van der Waals surface area contributed by atoms with Crippen molar-refractivity contribution in [2.24, 2.45) is 0 Å². The quantitative estimate of drug-likeness (QED) is 0.530. The van der Waals surface area contributed by atoms with Gasteiger partial charge in [-0.05, 0) is 10.8 Å². The van der Waals surface area contributed by atoms with Crippen LogP contribution in [0.25, 0.3) is 10.8 Å². The van der Waals surface area contributed by atoms with E-state index in [1.165, 1.54) is 7.11 Å². The second-order valence-corrected chi connectivity index (χ2v) is 7.41. The molecule has 3 aromatic rings. The van der Waals surface area contributed by atoms with E-state index in [2.05, 4.69) is 0 Å². The summed E-state index contributed by atoms with van der Waals surface area (Å²) in [5.41, 5.74) is 0. The molecule has 1 unspecified atom stereocenters. The molecule has 0 aromatic heterocycles. The smallest absolute Gasteiger partial charge is 0.388 e. The van der Waals surface area contributed by atoms with Gasteiger partial charge in [-0.15, -0.1) is 0 Å². The van der Waals surface area contributed by atoms with Crippen molar-refractivity contribution < 1.29 is 8.53 Å². The highest BCUT2D eigenvalue weighted by Crippen LogP contribution is 2.17. The summed E-state index contributed by atoms with van der Waals surface area (Å²) in [6.07, 6.45) is 0. The number of hydrogen-bond acceptors (Lipinski definition) is 1. The molecule has 0 aliphatic rings. The molecular weight excluding hydrogens is 267 g/mol. The van der Waals surface area contributed by atoms with Crippen molar-refractivity contribution >= 4 is 29.8 Å². The van der Waals surface area contributed by atoms with E-state index in [0.29, 0.717) is 10.4 Å². The SMILES string of the molecule is CO[Si](F)(c1ccccc1)c1cccc2ccccc12. The topological polar surface area (TPSA) is 9.23 Å². The molecule has 0 amide bonds. The summed E-state index contributed by atoms with van der Waals surface area (Å²) in [6, 6.07) is 22.8. The van der Waals surface area contributed by atoms with Crippen LogP contribution in [0.1, 0.15) is 0 Å². The third-order valence-electron chi connectivity index (χ3n) is 3.56. The second-order valence-electron chi connectivity index (χ2n) is 4.69. The summed E-state index contributed by atoms with van der Waals surface area (Å²) in [5, 5.41) is 3.27. The highest BCUT2D eigenvalue weighted by molar-refractivity contribution is 6.93. The van der Waals surface area contributed by atoms with Crippen molar-refractivity contribution in [1.29, 1.82) is 0 Å². The van der Waals surface area contributed by atoms with E-state index in [4.69, 9.17) is 4.43 Å². The lowest BCUT2D eigenvalue weighted by Crippen LogP contribution is -2.56. The van der Waals surface area contributed by atoms with Gasteiger partial charge < -0.3 is 4.43 Å². The Hall–Kier alpha value is -1.97. The van der Waals surface area contributed by atoms with Crippen LogP contribution < -0.4 is 10.4 Å². The monoisotopic (exact) mass is 282 g/mol. The zero-order valence-electron chi connectivity index (χ0n) is 11.2. The van der Waals surface area contributed by atoms with Gasteiger partial charge in [-0.1, -0.05) is 72.8 Å². The maximum Gasteiger partial charge on any atom is 0.449 e. The maximum atomic E-state index is 15.6. The average Bonchev–Trinajstić information content (AvgIpc) is 2.54. The molecule has 0 heterocycles. The number of halogens is 1. The number of rotatable bonds is 3. The summed E-state index contributed by atoms with van der Waals surface area (Å²) in [7, 11) is -2.18. The third-order valence-corrected chi connectivity index (χ3v) is 6.33. The molecule has 0 spiro atoms. The Morgan fingerprint density at radius 3 is 2.20 bits per heavy atom.